The lowest BCUT2D eigenvalue weighted by Crippen LogP contribution is -2.36. The van der Waals surface area contributed by atoms with Gasteiger partial charge in [-0.3, -0.25) is 4.40 Å². The number of likely N-dealkylation sites (N-methyl/N-ethyl adjacent to an activating group) is 1. The first-order chi connectivity index (χ1) is 17.3. The lowest BCUT2D eigenvalue weighted by atomic mass is 10.1. The van der Waals surface area contributed by atoms with Crippen LogP contribution in [0.5, 0.6) is 0 Å². The Morgan fingerprint density at radius 3 is 2.83 bits per heavy atom. The maximum Gasteiger partial charge on any atom is 0.405 e. The first-order valence-corrected chi connectivity index (χ1v) is 11.6. The topological polar surface area (TPSA) is 97.5 Å². The van der Waals surface area contributed by atoms with Gasteiger partial charge < -0.3 is 26.3 Å². The molecule has 1 unspecified atom stereocenters. The third kappa shape index (κ3) is 6.22. The molecule has 0 radical (unpaired) electrons. The number of anilines is 1. The Morgan fingerprint density at radius 1 is 1.28 bits per heavy atom. The van der Waals surface area contributed by atoms with Crippen LogP contribution in [0.4, 0.5) is 23.7 Å². The molecule has 1 atom stereocenters. The minimum absolute atomic E-state index is 0.354. The van der Waals surface area contributed by atoms with E-state index in [1.54, 1.807) is 29.7 Å². The Labute approximate surface area is 206 Å². The van der Waals surface area contributed by atoms with Crippen molar-refractivity contribution in [2.45, 2.75) is 25.6 Å². The number of hydrogen-bond acceptors (Lipinski definition) is 5. The number of allylic oxidation sites excluding steroid dienone is 1. The number of nitrogens with one attached hydrogen (secondary N) is 4. The Kier molecular flexibility index (Phi) is 7.58. The van der Waals surface area contributed by atoms with Crippen LogP contribution in [0.15, 0.2) is 55.0 Å². The van der Waals surface area contributed by atoms with Crippen LogP contribution in [-0.4, -0.2) is 64.9 Å². The Balaban J connectivity index is 1.49. The van der Waals surface area contributed by atoms with E-state index in [9.17, 15) is 18.0 Å². The van der Waals surface area contributed by atoms with Crippen molar-refractivity contribution in [2.24, 2.45) is 0 Å². The van der Waals surface area contributed by atoms with E-state index in [0.29, 0.717) is 17.4 Å². The van der Waals surface area contributed by atoms with Crippen molar-refractivity contribution in [3.05, 3.63) is 60.6 Å². The number of rotatable bonds is 8. The molecule has 1 aliphatic heterocycles. The van der Waals surface area contributed by atoms with Crippen LogP contribution in [-0.2, 0) is 0 Å². The fraction of sp³-hybridized carbons (Fsp3) is 0.320. The number of fused-ring (bicyclic) bond motifs is 1. The summed E-state index contributed by atoms with van der Waals surface area (Å²) in [7, 11) is 0. The molecule has 1 fully saturated rings. The molecule has 4 N–H and O–H groups in total. The molecule has 190 valence electrons. The van der Waals surface area contributed by atoms with Gasteiger partial charge in [0.15, 0.2) is 0 Å². The highest BCUT2D eigenvalue weighted by molar-refractivity contribution is 6.08. The molecule has 2 amide bonds. The monoisotopic (exact) mass is 499 g/mol. The fourth-order valence-electron chi connectivity index (χ4n) is 4.16. The van der Waals surface area contributed by atoms with Crippen LogP contribution < -0.4 is 16.0 Å². The van der Waals surface area contributed by atoms with Crippen LogP contribution in [0.25, 0.3) is 22.5 Å². The van der Waals surface area contributed by atoms with Gasteiger partial charge in [-0.15, -0.1) is 0 Å². The highest BCUT2D eigenvalue weighted by atomic mass is 19.4. The second-order valence-electron chi connectivity index (χ2n) is 8.58. The van der Waals surface area contributed by atoms with Crippen LogP contribution in [0.3, 0.4) is 0 Å². The summed E-state index contributed by atoms with van der Waals surface area (Å²) in [6.45, 7) is 3.83. The predicted molar refractivity (Wildman–Crippen MR) is 134 cm³/mol. The van der Waals surface area contributed by atoms with Crippen molar-refractivity contribution in [2.75, 3.05) is 31.5 Å². The molecule has 4 rings (SSSR count). The van der Waals surface area contributed by atoms with Gasteiger partial charge >= 0.3 is 12.2 Å². The van der Waals surface area contributed by atoms with Crippen molar-refractivity contribution in [3.63, 3.8) is 0 Å². The summed E-state index contributed by atoms with van der Waals surface area (Å²) < 4.78 is 38.8. The van der Waals surface area contributed by atoms with Crippen LogP contribution in [0, 0.1) is 5.41 Å². The molecule has 2 aromatic heterocycles. The van der Waals surface area contributed by atoms with E-state index >= 15 is 0 Å². The minimum Gasteiger partial charge on any atom is -0.386 e. The Morgan fingerprint density at radius 2 is 2.11 bits per heavy atom. The van der Waals surface area contributed by atoms with Crippen molar-refractivity contribution in [3.8, 4) is 11.3 Å². The fourth-order valence-corrected chi connectivity index (χ4v) is 4.16. The summed E-state index contributed by atoms with van der Waals surface area (Å²) in [6.07, 6.45) is 3.32. The molecule has 0 aliphatic carbocycles. The molecule has 0 bridgehead atoms. The number of amides is 2. The van der Waals surface area contributed by atoms with E-state index in [-0.39, 0.29) is 0 Å². The number of imidazole rings is 1. The van der Waals surface area contributed by atoms with E-state index in [1.165, 1.54) is 6.21 Å². The molecule has 1 aromatic carbocycles. The van der Waals surface area contributed by atoms with E-state index in [1.807, 2.05) is 35.0 Å². The lowest BCUT2D eigenvalue weighted by molar-refractivity contribution is -0.122. The number of aromatic nitrogens is 2. The SMILES string of the molecule is CCN1CCC(N/C=C(\C=N)c2ccn3c(-c4cccc(NC(=O)NCC(F)(F)F)c4)cnc3c2)C1. The van der Waals surface area contributed by atoms with E-state index in [4.69, 9.17) is 5.41 Å². The number of benzene rings is 1. The van der Waals surface area contributed by atoms with Gasteiger partial charge in [-0.2, -0.15) is 13.2 Å². The van der Waals surface area contributed by atoms with Crippen molar-refractivity contribution in [1.82, 2.24) is 24.9 Å². The normalized spacial score (nSPS) is 16.8. The molecule has 11 heteroatoms. The van der Waals surface area contributed by atoms with Gasteiger partial charge in [0, 0.05) is 54.6 Å². The van der Waals surface area contributed by atoms with Crippen molar-refractivity contribution >= 4 is 29.2 Å². The number of pyridine rings is 1. The minimum atomic E-state index is -4.48. The summed E-state index contributed by atoms with van der Waals surface area (Å²) >= 11 is 0. The molecule has 1 saturated heterocycles. The standard InChI is InChI=1S/C25H28F3N7O/c1-2-34-8-7-21(15-34)30-13-19(12-29)17-6-9-35-22(14-31-23(35)11-17)18-4-3-5-20(10-18)33-24(36)32-16-25(26,27)28/h3-6,9-14,21,29-30H,2,7-8,15-16H2,1H3,(H2,32,33,36)/b19-13+,29-12?. The molecule has 8 nitrogen and oxygen atoms in total. The maximum absolute atomic E-state index is 12.3. The Bertz CT molecular complexity index is 1270. The summed E-state index contributed by atoms with van der Waals surface area (Å²) in [5.41, 5.74) is 4.11. The molecule has 36 heavy (non-hydrogen) atoms. The number of carbonyl (C=O) groups is 1. The lowest BCUT2D eigenvalue weighted by Gasteiger charge is -2.14. The average Bonchev–Trinajstić information content (AvgIpc) is 3.49. The zero-order valence-corrected chi connectivity index (χ0v) is 19.8. The van der Waals surface area contributed by atoms with Gasteiger partial charge in [-0.25, -0.2) is 9.78 Å². The van der Waals surface area contributed by atoms with Crippen LogP contribution in [0.1, 0.15) is 18.9 Å². The molecule has 0 saturated carbocycles. The van der Waals surface area contributed by atoms with Gasteiger partial charge in [0.2, 0.25) is 0 Å². The van der Waals surface area contributed by atoms with Crippen molar-refractivity contribution in [1.29, 1.82) is 5.41 Å². The van der Waals surface area contributed by atoms with Gasteiger partial charge in [0.05, 0.1) is 11.9 Å². The third-order valence-corrected chi connectivity index (χ3v) is 6.06. The summed E-state index contributed by atoms with van der Waals surface area (Å²) in [4.78, 5) is 18.7. The molecule has 3 aromatic rings. The molecular weight excluding hydrogens is 471 g/mol. The van der Waals surface area contributed by atoms with Crippen LogP contribution in [0.2, 0.25) is 0 Å². The molecule has 0 spiro atoms. The average molecular weight is 500 g/mol. The number of carbonyl (C=O) groups excluding carboxylic acids is 1. The van der Waals surface area contributed by atoms with E-state index in [0.717, 1.165) is 48.4 Å². The van der Waals surface area contributed by atoms with E-state index < -0.39 is 18.8 Å². The highest BCUT2D eigenvalue weighted by Crippen LogP contribution is 2.25. The molecular formula is C25H28F3N7O. The number of hydrogen-bond donors (Lipinski definition) is 4. The predicted octanol–water partition coefficient (Wildman–Crippen LogP) is 4.36. The quantitative estimate of drug-likeness (QED) is 0.346. The highest BCUT2D eigenvalue weighted by Gasteiger charge is 2.27. The number of likely N-dealkylation sites (tertiary alicyclic amines) is 1. The maximum atomic E-state index is 12.3. The summed E-state index contributed by atoms with van der Waals surface area (Å²) in [5.74, 6) is 0. The number of alkyl halides is 3. The van der Waals surface area contributed by atoms with Gasteiger partial charge in [-0.05, 0) is 42.8 Å². The molecule has 1 aliphatic rings. The Hall–Kier alpha value is -3.86. The van der Waals surface area contributed by atoms with Crippen molar-refractivity contribution < 1.29 is 18.0 Å². The number of nitrogens with zero attached hydrogens (tertiary/aromatic N) is 3. The number of halogens is 3. The third-order valence-electron chi connectivity index (χ3n) is 6.06. The van der Waals surface area contributed by atoms with Gasteiger partial charge in [0.1, 0.15) is 12.2 Å². The molecule has 3 heterocycles. The summed E-state index contributed by atoms with van der Waals surface area (Å²) in [5, 5.41) is 15.5. The van der Waals surface area contributed by atoms with E-state index in [2.05, 4.69) is 27.4 Å². The zero-order chi connectivity index (χ0) is 25.7. The van der Waals surface area contributed by atoms with Crippen LogP contribution >= 0.6 is 0 Å². The zero-order valence-electron chi connectivity index (χ0n) is 19.8. The summed E-state index contributed by atoms with van der Waals surface area (Å²) in [6, 6.07) is 9.99. The second-order valence-corrected chi connectivity index (χ2v) is 8.58. The van der Waals surface area contributed by atoms with Gasteiger partial charge in [0.25, 0.3) is 0 Å². The second kappa shape index (κ2) is 10.8. The largest absolute Gasteiger partial charge is 0.405 e. The smallest absolute Gasteiger partial charge is 0.386 e. The number of urea groups is 1. The first kappa shape index (κ1) is 25.2. The first-order valence-electron chi connectivity index (χ1n) is 11.6. The van der Waals surface area contributed by atoms with Gasteiger partial charge in [-0.1, -0.05) is 19.1 Å².